The van der Waals surface area contributed by atoms with Gasteiger partial charge in [-0.05, 0) is 40.9 Å². The van der Waals surface area contributed by atoms with E-state index >= 15 is 0 Å². The summed E-state index contributed by atoms with van der Waals surface area (Å²) in [4.78, 5) is 0. The summed E-state index contributed by atoms with van der Waals surface area (Å²) in [6, 6.07) is 6.12. The predicted octanol–water partition coefficient (Wildman–Crippen LogP) is 3.03. The molecule has 1 saturated carbocycles. The topological polar surface area (TPSA) is 21.3 Å². The molecule has 0 aromatic heterocycles. The van der Waals surface area contributed by atoms with Gasteiger partial charge in [0.25, 0.3) is 0 Å². The first-order valence-corrected chi connectivity index (χ1v) is 5.74. The Bertz CT molecular complexity index is 374. The Morgan fingerprint density at radius 2 is 2.21 bits per heavy atom. The van der Waals surface area contributed by atoms with E-state index in [4.69, 9.17) is 4.74 Å². The third-order valence-electron chi connectivity index (χ3n) is 3.10. The minimum atomic E-state index is 0.429. The molecule has 1 aliphatic heterocycles. The van der Waals surface area contributed by atoms with E-state index in [2.05, 4.69) is 27.3 Å². The quantitative estimate of drug-likeness (QED) is 0.768. The van der Waals surface area contributed by atoms with Crippen LogP contribution in [0.5, 0.6) is 5.75 Å². The molecule has 1 aromatic carbocycles. The van der Waals surface area contributed by atoms with Gasteiger partial charge in [0.1, 0.15) is 0 Å². The second-order valence-electron chi connectivity index (χ2n) is 4.26. The standard InChI is InChI=1S/C11H12BrNO/c12-8-2-1-3-9-10(8)14-7-11(4-5-11)6-13-9/h1-3,13H,4-7H2. The number of hydrogen-bond donors (Lipinski definition) is 1. The van der Waals surface area contributed by atoms with Crippen LogP contribution in [0.4, 0.5) is 5.69 Å². The van der Waals surface area contributed by atoms with E-state index in [1.54, 1.807) is 0 Å². The molecular formula is C11H12BrNO. The van der Waals surface area contributed by atoms with Crippen molar-refractivity contribution in [2.75, 3.05) is 18.5 Å². The molecule has 2 aliphatic rings. The Morgan fingerprint density at radius 1 is 1.36 bits per heavy atom. The second-order valence-corrected chi connectivity index (χ2v) is 5.11. The Kier molecular flexibility index (Phi) is 1.78. The molecule has 0 atom stereocenters. The van der Waals surface area contributed by atoms with E-state index in [1.165, 1.54) is 12.8 Å². The van der Waals surface area contributed by atoms with E-state index in [0.717, 1.165) is 29.1 Å². The lowest BCUT2D eigenvalue weighted by atomic mass is 10.1. The summed E-state index contributed by atoms with van der Waals surface area (Å²) in [7, 11) is 0. The van der Waals surface area contributed by atoms with Crippen LogP contribution >= 0.6 is 15.9 Å². The molecule has 0 amide bonds. The number of rotatable bonds is 0. The van der Waals surface area contributed by atoms with Gasteiger partial charge in [0.15, 0.2) is 5.75 Å². The maximum Gasteiger partial charge on any atom is 0.156 e. The number of fused-ring (bicyclic) bond motifs is 1. The molecule has 0 unspecified atom stereocenters. The van der Waals surface area contributed by atoms with Crippen molar-refractivity contribution in [1.82, 2.24) is 0 Å². The summed E-state index contributed by atoms with van der Waals surface area (Å²) in [6.45, 7) is 1.91. The number of anilines is 1. The van der Waals surface area contributed by atoms with Crippen LogP contribution in [0.2, 0.25) is 0 Å². The fourth-order valence-corrected chi connectivity index (χ4v) is 2.33. The van der Waals surface area contributed by atoms with Crippen LogP contribution in [0.25, 0.3) is 0 Å². The Hall–Kier alpha value is -0.700. The minimum Gasteiger partial charge on any atom is -0.490 e. The zero-order valence-corrected chi connectivity index (χ0v) is 9.43. The smallest absolute Gasteiger partial charge is 0.156 e. The van der Waals surface area contributed by atoms with E-state index in [9.17, 15) is 0 Å². The van der Waals surface area contributed by atoms with E-state index in [-0.39, 0.29) is 0 Å². The van der Waals surface area contributed by atoms with Crippen LogP contribution < -0.4 is 10.1 Å². The van der Waals surface area contributed by atoms with Gasteiger partial charge in [-0.2, -0.15) is 0 Å². The van der Waals surface area contributed by atoms with E-state index in [1.807, 2.05) is 12.1 Å². The van der Waals surface area contributed by atoms with Crippen LogP contribution in [0.15, 0.2) is 22.7 Å². The molecule has 0 radical (unpaired) electrons. The van der Waals surface area contributed by atoms with Crippen molar-refractivity contribution in [1.29, 1.82) is 0 Å². The van der Waals surface area contributed by atoms with Gasteiger partial charge in [0.2, 0.25) is 0 Å². The SMILES string of the molecule is Brc1cccc2c1OCC1(CC1)CN2. The van der Waals surface area contributed by atoms with E-state index in [0.29, 0.717) is 5.41 Å². The summed E-state index contributed by atoms with van der Waals surface area (Å²) in [5, 5.41) is 3.46. The van der Waals surface area contributed by atoms with Crippen LogP contribution in [0.1, 0.15) is 12.8 Å². The number of para-hydroxylation sites is 1. The van der Waals surface area contributed by atoms with Crippen LogP contribution in [-0.4, -0.2) is 13.2 Å². The van der Waals surface area contributed by atoms with Crippen molar-refractivity contribution in [3.63, 3.8) is 0 Å². The highest BCUT2D eigenvalue weighted by atomic mass is 79.9. The summed E-state index contributed by atoms with van der Waals surface area (Å²) in [5.41, 5.74) is 1.54. The molecule has 2 nitrogen and oxygen atoms in total. The number of hydrogen-bond acceptors (Lipinski definition) is 2. The van der Waals surface area contributed by atoms with Crippen molar-refractivity contribution in [3.8, 4) is 5.75 Å². The maximum absolute atomic E-state index is 5.85. The molecule has 1 aliphatic carbocycles. The monoisotopic (exact) mass is 253 g/mol. The minimum absolute atomic E-state index is 0.429. The molecule has 1 fully saturated rings. The van der Waals surface area contributed by atoms with Crippen molar-refractivity contribution in [2.24, 2.45) is 5.41 Å². The molecule has 1 heterocycles. The summed E-state index contributed by atoms with van der Waals surface area (Å²) < 4.78 is 6.89. The van der Waals surface area contributed by atoms with Crippen molar-refractivity contribution < 1.29 is 4.74 Å². The second kappa shape index (κ2) is 2.89. The molecule has 74 valence electrons. The number of halogens is 1. The Morgan fingerprint density at radius 3 is 3.00 bits per heavy atom. The van der Waals surface area contributed by atoms with Crippen LogP contribution in [0.3, 0.4) is 0 Å². The van der Waals surface area contributed by atoms with Gasteiger partial charge in [-0.25, -0.2) is 0 Å². The Balaban J connectivity index is 1.96. The zero-order chi connectivity index (χ0) is 9.60. The first-order chi connectivity index (χ1) is 6.79. The molecule has 1 N–H and O–H groups in total. The van der Waals surface area contributed by atoms with Gasteiger partial charge in [0, 0.05) is 12.0 Å². The molecule has 3 rings (SSSR count). The first-order valence-electron chi connectivity index (χ1n) is 4.94. The molecule has 0 bridgehead atoms. The van der Waals surface area contributed by atoms with Gasteiger partial charge >= 0.3 is 0 Å². The number of ether oxygens (including phenoxy) is 1. The van der Waals surface area contributed by atoms with Gasteiger partial charge in [-0.15, -0.1) is 0 Å². The highest BCUT2D eigenvalue weighted by Gasteiger charge is 2.44. The molecule has 1 aromatic rings. The van der Waals surface area contributed by atoms with Gasteiger partial charge in [-0.3, -0.25) is 0 Å². The van der Waals surface area contributed by atoms with Crippen molar-refractivity contribution in [3.05, 3.63) is 22.7 Å². The van der Waals surface area contributed by atoms with Crippen LogP contribution in [-0.2, 0) is 0 Å². The highest BCUT2D eigenvalue weighted by Crippen LogP contribution is 2.49. The lowest BCUT2D eigenvalue weighted by Crippen LogP contribution is -2.18. The van der Waals surface area contributed by atoms with Crippen molar-refractivity contribution in [2.45, 2.75) is 12.8 Å². The summed E-state index contributed by atoms with van der Waals surface area (Å²) in [6.07, 6.45) is 2.59. The Labute approximate surface area is 91.8 Å². The van der Waals surface area contributed by atoms with Gasteiger partial charge in [0.05, 0.1) is 16.8 Å². The lowest BCUT2D eigenvalue weighted by Gasteiger charge is -2.10. The van der Waals surface area contributed by atoms with Gasteiger partial charge in [-0.1, -0.05) is 6.07 Å². The average molecular weight is 254 g/mol. The lowest BCUT2D eigenvalue weighted by molar-refractivity contribution is 0.250. The van der Waals surface area contributed by atoms with E-state index < -0.39 is 0 Å². The number of nitrogens with one attached hydrogen (secondary N) is 1. The molecule has 0 saturated heterocycles. The third-order valence-corrected chi connectivity index (χ3v) is 3.73. The number of benzene rings is 1. The largest absolute Gasteiger partial charge is 0.490 e. The zero-order valence-electron chi connectivity index (χ0n) is 7.85. The highest BCUT2D eigenvalue weighted by molar-refractivity contribution is 9.10. The predicted molar refractivity (Wildman–Crippen MR) is 59.8 cm³/mol. The normalized spacial score (nSPS) is 21.8. The van der Waals surface area contributed by atoms with Gasteiger partial charge < -0.3 is 10.1 Å². The van der Waals surface area contributed by atoms with Crippen molar-refractivity contribution >= 4 is 21.6 Å². The maximum atomic E-state index is 5.85. The summed E-state index contributed by atoms with van der Waals surface area (Å²) in [5.74, 6) is 0.969. The molecule has 14 heavy (non-hydrogen) atoms. The molecular weight excluding hydrogens is 242 g/mol. The molecule has 3 heteroatoms. The molecule has 1 spiro atoms. The fourth-order valence-electron chi connectivity index (χ4n) is 1.85. The summed E-state index contributed by atoms with van der Waals surface area (Å²) >= 11 is 3.51. The average Bonchev–Trinajstić information content (AvgIpc) is 2.96. The fraction of sp³-hybridized carbons (Fsp3) is 0.455. The van der Waals surface area contributed by atoms with Crippen LogP contribution in [0, 0.1) is 5.41 Å². The third kappa shape index (κ3) is 1.31. The first kappa shape index (κ1) is 8.60.